The van der Waals surface area contributed by atoms with Crippen molar-refractivity contribution >= 4 is 23.3 Å². The molecule has 0 bridgehead atoms. The first-order valence-electron chi connectivity index (χ1n) is 10.8. The molecule has 0 aliphatic carbocycles. The lowest BCUT2D eigenvalue weighted by molar-refractivity contribution is 0.121. The molecule has 174 valence electrons. The number of nitrogens with zero attached hydrogens (tertiary/aromatic N) is 2. The normalized spacial score (nSPS) is 16.7. The highest BCUT2D eigenvalue weighted by Crippen LogP contribution is 2.39. The summed E-state index contributed by atoms with van der Waals surface area (Å²) in [5, 5.41) is 24.3. The van der Waals surface area contributed by atoms with Crippen molar-refractivity contribution in [2.45, 2.75) is 65.0 Å². The summed E-state index contributed by atoms with van der Waals surface area (Å²) in [6.07, 6.45) is -2.45. The predicted octanol–water partition coefficient (Wildman–Crippen LogP) is 4.26. The predicted molar refractivity (Wildman–Crippen MR) is 129 cm³/mol. The Kier molecular flexibility index (Phi) is 6.82. The van der Waals surface area contributed by atoms with E-state index in [2.05, 4.69) is 17.2 Å². The second-order valence-electron chi connectivity index (χ2n) is 9.52. The Morgan fingerprint density at radius 1 is 1.12 bits per heavy atom. The van der Waals surface area contributed by atoms with Gasteiger partial charge in [-0.05, 0) is 65.8 Å². The van der Waals surface area contributed by atoms with Gasteiger partial charge >= 0.3 is 6.09 Å². The van der Waals surface area contributed by atoms with Gasteiger partial charge < -0.3 is 20.3 Å². The second kappa shape index (κ2) is 9.26. The van der Waals surface area contributed by atoms with Crippen LogP contribution in [0.3, 0.4) is 0 Å². The number of carbonyl (C=O) groups is 1. The largest absolute Gasteiger partial charge is 0.438 e. The standard InChI is InChI=1S/C26H31N3O4/c1-17(33-24(31)28-25(2,3)4)22-27-20-14-10-11-18(15-16-26(5,6)32)21(20)23(30)29(22)19-12-8-7-9-13-19/h7-14,17,23,30,32H,1-6H3,(H,28,31)/t17-,23-/m0/s1. The van der Waals surface area contributed by atoms with Crippen LogP contribution in [0.2, 0.25) is 0 Å². The zero-order valence-corrected chi connectivity index (χ0v) is 19.9. The van der Waals surface area contributed by atoms with Crippen LogP contribution in [0.5, 0.6) is 0 Å². The van der Waals surface area contributed by atoms with E-state index in [1.54, 1.807) is 43.9 Å². The van der Waals surface area contributed by atoms with Gasteiger partial charge in [-0.1, -0.05) is 36.1 Å². The summed E-state index contributed by atoms with van der Waals surface area (Å²) in [4.78, 5) is 18.8. The fourth-order valence-corrected chi connectivity index (χ4v) is 3.38. The quantitative estimate of drug-likeness (QED) is 0.609. The highest BCUT2D eigenvalue weighted by molar-refractivity contribution is 6.05. The molecule has 1 aliphatic heterocycles. The zero-order valence-electron chi connectivity index (χ0n) is 19.9. The Balaban J connectivity index is 2.08. The van der Waals surface area contributed by atoms with Gasteiger partial charge in [-0.25, -0.2) is 9.79 Å². The van der Waals surface area contributed by atoms with Crippen molar-refractivity contribution in [2.24, 2.45) is 4.99 Å². The van der Waals surface area contributed by atoms with Gasteiger partial charge in [0.15, 0.2) is 18.2 Å². The number of ether oxygens (including phenoxy) is 1. The number of hydrogen-bond acceptors (Lipinski definition) is 6. The smallest absolute Gasteiger partial charge is 0.408 e. The first-order chi connectivity index (χ1) is 15.4. The molecule has 0 aromatic heterocycles. The third-order valence-electron chi connectivity index (χ3n) is 4.73. The van der Waals surface area contributed by atoms with Gasteiger partial charge in [0.25, 0.3) is 0 Å². The van der Waals surface area contributed by atoms with Gasteiger partial charge in [-0.3, -0.25) is 4.90 Å². The molecule has 0 radical (unpaired) electrons. The summed E-state index contributed by atoms with van der Waals surface area (Å²) in [5.74, 6) is 6.15. The number of amidine groups is 1. The number of aliphatic hydroxyl groups excluding tert-OH is 1. The van der Waals surface area contributed by atoms with Crippen molar-refractivity contribution in [1.82, 2.24) is 5.32 Å². The number of para-hydroxylation sites is 1. The number of fused-ring (bicyclic) bond motifs is 1. The van der Waals surface area contributed by atoms with Crippen LogP contribution in [0.4, 0.5) is 16.2 Å². The van der Waals surface area contributed by atoms with Crippen LogP contribution >= 0.6 is 0 Å². The van der Waals surface area contributed by atoms with E-state index in [1.165, 1.54) is 0 Å². The van der Waals surface area contributed by atoms with Crippen molar-refractivity contribution in [1.29, 1.82) is 0 Å². The molecule has 0 fully saturated rings. The fourth-order valence-electron chi connectivity index (χ4n) is 3.38. The number of benzene rings is 2. The zero-order chi connectivity index (χ0) is 24.4. The number of nitrogens with one attached hydrogen (secondary N) is 1. The summed E-state index contributed by atoms with van der Waals surface area (Å²) in [6.45, 7) is 10.5. The van der Waals surface area contributed by atoms with Crippen LogP contribution in [0, 0.1) is 11.8 Å². The Hall–Kier alpha value is -3.34. The molecular formula is C26H31N3O4. The van der Waals surface area contributed by atoms with Gasteiger partial charge in [-0.2, -0.15) is 0 Å². The van der Waals surface area contributed by atoms with Crippen LogP contribution in [-0.4, -0.2) is 39.4 Å². The van der Waals surface area contributed by atoms with Crippen molar-refractivity contribution in [3.05, 3.63) is 59.7 Å². The van der Waals surface area contributed by atoms with Gasteiger partial charge in [-0.15, -0.1) is 0 Å². The molecule has 0 spiro atoms. The molecule has 1 amide bonds. The lowest BCUT2D eigenvalue weighted by Gasteiger charge is -2.37. The maximum absolute atomic E-state index is 12.4. The molecule has 2 atom stereocenters. The van der Waals surface area contributed by atoms with Crippen LogP contribution in [0.1, 0.15) is 58.9 Å². The Morgan fingerprint density at radius 3 is 2.39 bits per heavy atom. The lowest BCUT2D eigenvalue weighted by atomic mass is 9.99. The number of carbonyl (C=O) groups excluding carboxylic acids is 1. The first kappa shape index (κ1) is 24.3. The highest BCUT2D eigenvalue weighted by Gasteiger charge is 2.35. The Labute approximate surface area is 195 Å². The minimum Gasteiger partial charge on any atom is -0.438 e. The van der Waals surface area contributed by atoms with Crippen molar-refractivity contribution < 1.29 is 19.7 Å². The third-order valence-corrected chi connectivity index (χ3v) is 4.73. The van der Waals surface area contributed by atoms with Gasteiger partial charge in [0.2, 0.25) is 0 Å². The van der Waals surface area contributed by atoms with Gasteiger partial charge in [0, 0.05) is 22.4 Å². The van der Waals surface area contributed by atoms with E-state index in [0.717, 1.165) is 0 Å². The van der Waals surface area contributed by atoms with E-state index < -0.39 is 29.6 Å². The third kappa shape index (κ3) is 6.13. The minimum atomic E-state index is -1.18. The van der Waals surface area contributed by atoms with E-state index >= 15 is 0 Å². The summed E-state index contributed by atoms with van der Waals surface area (Å²) in [7, 11) is 0. The molecule has 33 heavy (non-hydrogen) atoms. The van der Waals surface area contributed by atoms with E-state index in [-0.39, 0.29) is 0 Å². The summed E-state index contributed by atoms with van der Waals surface area (Å²) in [6, 6.07) is 14.6. The van der Waals surface area contributed by atoms with Crippen molar-refractivity contribution in [2.75, 3.05) is 4.90 Å². The van der Waals surface area contributed by atoms with Gasteiger partial charge in [0.05, 0.1) is 5.69 Å². The summed E-state index contributed by atoms with van der Waals surface area (Å²) < 4.78 is 5.61. The Morgan fingerprint density at radius 2 is 1.79 bits per heavy atom. The monoisotopic (exact) mass is 449 g/mol. The molecule has 0 saturated heterocycles. The number of aliphatic hydroxyl groups is 2. The molecule has 7 nitrogen and oxygen atoms in total. The van der Waals surface area contributed by atoms with Crippen LogP contribution < -0.4 is 10.2 Å². The molecule has 2 aromatic carbocycles. The number of amides is 1. The van der Waals surface area contributed by atoms with E-state index in [9.17, 15) is 15.0 Å². The van der Waals surface area contributed by atoms with Gasteiger partial charge in [0.1, 0.15) is 5.60 Å². The maximum Gasteiger partial charge on any atom is 0.408 e. The molecule has 3 N–H and O–H groups in total. The average Bonchev–Trinajstić information content (AvgIpc) is 2.70. The van der Waals surface area contributed by atoms with Crippen molar-refractivity contribution in [3.63, 3.8) is 0 Å². The van der Waals surface area contributed by atoms with E-state index in [0.29, 0.717) is 28.3 Å². The molecule has 1 aliphatic rings. The maximum atomic E-state index is 12.4. The molecule has 1 heterocycles. The minimum absolute atomic E-state index is 0.387. The number of aliphatic imine (C=N–C) groups is 1. The number of alkyl carbamates (subject to hydrolysis) is 1. The van der Waals surface area contributed by atoms with Crippen molar-refractivity contribution in [3.8, 4) is 11.8 Å². The Bertz CT molecular complexity index is 1100. The van der Waals surface area contributed by atoms with E-state index in [4.69, 9.17) is 9.73 Å². The molecule has 7 heteroatoms. The SMILES string of the molecule is C[C@H](OC(=O)NC(C)(C)C)C1=Nc2cccc(C#CC(C)(C)O)c2[C@H](O)N1c1ccccc1. The summed E-state index contributed by atoms with van der Waals surface area (Å²) in [5.41, 5.74) is 0.659. The number of anilines is 1. The number of hydrogen-bond donors (Lipinski definition) is 3. The molecule has 2 aromatic rings. The first-order valence-corrected chi connectivity index (χ1v) is 10.8. The van der Waals surface area contributed by atoms with Crippen LogP contribution in [0.15, 0.2) is 53.5 Å². The molecule has 0 unspecified atom stereocenters. The average molecular weight is 450 g/mol. The topological polar surface area (TPSA) is 94.4 Å². The lowest BCUT2D eigenvalue weighted by Crippen LogP contribution is -2.47. The second-order valence-corrected chi connectivity index (χ2v) is 9.52. The summed E-state index contributed by atoms with van der Waals surface area (Å²) >= 11 is 0. The molecule has 3 rings (SSSR count). The van der Waals surface area contributed by atoms with E-state index in [1.807, 2.05) is 51.1 Å². The van der Waals surface area contributed by atoms with Crippen LogP contribution in [0.25, 0.3) is 0 Å². The number of rotatable bonds is 3. The fraction of sp³-hybridized carbons (Fsp3) is 0.385. The highest BCUT2D eigenvalue weighted by atomic mass is 16.6. The molecule has 0 saturated carbocycles. The molecular weight excluding hydrogens is 418 g/mol. The van der Waals surface area contributed by atoms with Crippen LogP contribution in [-0.2, 0) is 4.74 Å².